The van der Waals surface area contributed by atoms with Gasteiger partial charge in [-0.1, -0.05) is 50.0 Å². The summed E-state index contributed by atoms with van der Waals surface area (Å²) in [4.78, 5) is 66.4. The van der Waals surface area contributed by atoms with Gasteiger partial charge in [0, 0.05) is 43.8 Å². The average Bonchev–Trinajstić information content (AvgIpc) is 4.23. The lowest BCUT2D eigenvalue weighted by Gasteiger charge is -2.29. The Kier molecular flexibility index (Phi) is 12.9. The third-order valence-electron chi connectivity index (χ3n) is 15.0. The summed E-state index contributed by atoms with van der Waals surface area (Å²) in [5, 5.41) is 0.896. The number of esters is 1. The predicted octanol–water partition coefficient (Wildman–Crippen LogP) is 5.83. The van der Waals surface area contributed by atoms with E-state index in [1.807, 2.05) is 36.4 Å². The Morgan fingerprint density at radius 2 is 1.78 bits per heavy atom. The number of carbonyl (C=O) groups is 4. The molecule has 3 bridgehead atoms. The first-order chi connectivity index (χ1) is 30.4. The van der Waals surface area contributed by atoms with Crippen LogP contribution in [0.1, 0.15) is 115 Å². The number of aromatic nitrogens is 1. The number of sulfonamides is 1. The van der Waals surface area contributed by atoms with E-state index in [2.05, 4.69) is 9.62 Å². The fourth-order valence-electron chi connectivity index (χ4n) is 10.3. The van der Waals surface area contributed by atoms with Gasteiger partial charge in [0.15, 0.2) is 5.78 Å². The van der Waals surface area contributed by atoms with Gasteiger partial charge in [0.2, 0.25) is 27.7 Å². The summed E-state index contributed by atoms with van der Waals surface area (Å²) in [5.41, 5.74) is 0.328. The molecule has 9 rings (SSSR count). The number of pyridine rings is 1. The van der Waals surface area contributed by atoms with Crippen LogP contribution in [0.2, 0.25) is 0 Å². The molecule has 5 fully saturated rings. The number of hydrogen-bond donors (Lipinski definition) is 1. The molecular formula is C48H64N4O10S. The second kappa shape index (κ2) is 18.4. The highest BCUT2D eigenvalue weighted by molar-refractivity contribution is 7.91. The number of morpholine rings is 1. The molecule has 14 nitrogen and oxygen atoms in total. The molecule has 5 heterocycles. The number of allylic oxidation sites excluding steroid dienone is 2. The number of fused-ring (bicyclic) bond motifs is 6. The van der Waals surface area contributed by atoms with Crippen LogP contribution in [-0.2, 0) is 45.1 Å². The highest BCUT2D eigenvalue weighted by Crippen LogP contribution is 2.58. The number of amides is 2. The van der Waals surface area contributed by atoms with E-state index in [0.717, 1.165) is 94.1 Å². The molecule has 0 spiro atoms. The number of hydrogen-bond acceptors (Lipinski definition) is 12. The van der Waals surface area contributed by atoms with Crippen molar-refractivity contribution in [1.29, 1.82) is 0 Å². The van der Waals surface area contributed by atoms with E-state index in [-0.39, 0.29) is 55.5 Å². The Hall–Kier alpha value is -4.08. The molecule has 15 heteroatoms. The summed E-state index contributed by atoms with van der Waals surface area (Å²) < 4.78 is 53.2. The predicted molar refractivity (Wildman–Crippen MR) is 234 cm³/mol. The van der Waals surface area contributed by atoms with E-state index in [9.17, 15) is 27.6 Å². The van der Waals surface area contributed by atoms with Crippen LogP contribution in [0.3, 0.4) is 0 Å². The lowest BCUT2D eigenvalue weighted by atomic mass is 9.90. The number of benzene rings is 1. The largest absolute Gasteiger partial charge is 0.491 e. The Balaban J connectivity index is 1.05. The van der Waals surface area contributed by atoms with Crippen LogP contribution in [0, 0.1) is 23.2 Å². The number of para-hydroxylation sites is 1. The molecule has 1 aromatic heterocycles. The van der Waals surface area contributed by atoms with Gasteiger partial charge in [-0.3, -0.25) is 28.8 Å². The fraction of sp³-hybridized carbons (Fsp3) is 0.688. The van der Waals surface area contributed by atoms with Crippen LogP contribution in [0.5, 0.6) is 11.6 Å². The normalized spacial score (nSPS) is 32.3. The van der Waals surface area contributed by atoms with E-state index in [0.29, 0.717) is 69.2 Å². The van der Waals surface area contributed by atoms with Crippen molar-refractivity contribution >= 4 is 44.5 Å². The van der Waals surface area contributed by atoms with Gasteiger partial charge in [-0.05, 0) is 95.1 Å². The van der Waals surface area contributed by atoms with Crippen LogP contribution in [0.4, 0.5) is 0 Å². The average molecular weight is 889 g/mol. The number of ether oxygens (including phenoxy) is 4. The monoisotopic (exact) mass is 888 g/mol. The molecule has 2 saturated heterocycles. The molecule has 3 saturated carbocycles. The molecule has 3 aliphatic carbocycles. The fourth-order valence-corrected chi connectivity index (χ4v) is 11.7. The molecule has 4 aliphatic heterocycles. The number of nitrogens with zero attached hydrogens (tertiary/aromatic N) is 3. The summed E-state index contributed by atoms with van der Waals surface area (Å²) >= 11 is 0. The zero-order chi connectivity index (χ0) is 43.8. The number of nitrogens with one attached hydrogen (secondary N) is 1. The topological polar surface area (TPSA) is 171 Å². The molecular weight excluding hydrogens is 825 g/mol. The lowest BCUT2D eigenvalue weighted by Crippen LogP contribution is -2.47. The van der Waals surface area contributed by atoms with Gasteiger partial charge in [0.25, 0.3) is 0 Å². The van der Waals surface area contributed by atoms with E-state index >= 15 is 0 Å². The summed E-state index contributed by atoms with van der Waals surface area (Å²) in [5.74, 6) is -1.20. The maximum Gasteiger partial charge on any atom is 0.306 e. The first-order valence-electron chi connectivity index (χ1n) is 23.7. The van der Waals surface area contributed by atoms with Gasteiger partial charge in [-0.15, -0.1) is 0 Å². The number of rotatable bonds is 7. The van der Waals surface area contributed by atoms with Crippen molar-refractivity contribution in [2.75, 3.05) is 46.0 Å². The highest BCUT2D eigenvalue weighted by atomic mass is 32.2. The molecule has 2 aromatic rings. The SMILES string of the molecule is CC1(S(=O)(=O)NC(=O)[C@]23CC(=O)[C@@H]4C[C@@H]5CN4C(=O)[C@H](CCCCC/C=C\[C@@H]2C3)CC(=O)O[C@@H]2C[C@H]2CCCCCc2c(nc3ccccc3c2OCCN2CCOCC2)O5)CC1. The van der Waals surface area contributed by atoms with Crippen LogP contribution in [-0.4, -0.2) is 116 Å². The molecule has 7 aliphatic rings. The maximum atomic E-state index is 14.9. The summed E-state index contributed by atoms with van der Waals surface area (Å²) in [6.45, 7) is 6.03. The van der Waals surface area contributed by atoms with Gasteiger partial charge >= 0.3 is 5.97 Å². The van der Waals surface area contributed by atoms with E-state index in [1.54, 1.807) is 11.8 Å². The van der Waals surface area contributed by atoms with Crippen molar-refractivity contribution in [3.63, 3.8) is 0 Å². The van der Waals surface area contributed by atoms with Crippen LogP contribution >= 0.6 is 0 Å². The Morgan fingerprint density at radius 3 is 2.60 bits per heavy atom. The first-order valence-corrected chi connectivity index (χ1v) is 25.2. The third kappa shape index (κ3) is 9.80. The molecule has 1 N–H and O–H groups in total. The standard InChI is InChI=1S/C48H64N4O10S/c1-47(18-19-47)63(57,58)50-46(56)48-29-34(48)14-8-4-2-3-6-13-33-27-42(54)62-41-26-32(41)12-7-5-9-16-37-43(60-25-22-51-20-23-59-24-21-51)36-15-10-11-17-38(36)49-44(37)61-35-28-39(40(53)30-48)52(31-35)45(33)55/h8,10-11,14-15,17,32-35,39,41H,2-7,9,12-13,16,18-31H2,1H3,(H,50,56)/b14-8-/t32-,33-,34-,35-,39+,41-,48-/m1/s1. The lowest BCUT2D eigenvalue weighted by molar-refractivity contribution is -0.151. The van der Waals surface area contributed by atoms with Crippen LogP contribution < -0.4 is 14.2 Å². The molecule has 342 valence electrons. The third-order valence-corrected chi connectivity index (χ3v) is 17.1. The second-order valence-corrected chi connectivity index (χ2v) is 21.8. The van der Waals surface area contributed by atoms with Crippen LogP contribution in [0.15, 0.2) is 36.4 Å². The summed E-state index contributed by atoms with van der Waals surface area (Å²) in [6, 6.07) is 6.93. The van der Waals surface area contributed by atoms with Crippen molar-refractivity contribution in [1.82, 2.24) is 19.5 Å². The number of Topliss-reactive ketones (excluding diaryl/α,β-unsaturated/α-hetero) is 1. The quantitative estimate of drug-likeness (QED) is 0.261. The minimum atomic E-state index is -3.95. The minimum Gasteiger partial charge on any atom is -0.491 e. The number of carbonyl (C=O) groups excluding carboxylic acids is 4. The Bertz CT molecular complexity index is 2200. The molecule has 63 heavy (non-hydrogen) atoms. The van der Waals surface area contributed by atoms with Gasteiger partial charge in [-0.25, -0.2) is 13.4 Å². The van der Waals surface area contributed by atoms with Crippen molar-refractivity contribution in [3.8, 4) is 11.6 Å². The van der Waals surface area contributed by atoms with Gasteiger partial charge < -0.3 is 23.8 Å². The van der Waals surface area contributed by atoms with Crippen LogP contribution in [0.25, 0.3) is 10.9 Å². The zero-order valence-corrected chi connectivity index (χ0v) is 37.5. The second-order valence-electron chi connectivity index (χ2n) is 19.6. The summed E-state index contributed by atoms with van der Waals surface area (Å²) in [6.07, 6.45) is 13.2. The van der Waals surface area contributed by atoms with E-state index < -0.39 is 44.2 Å². The molecule has 7 atom stereocenters. The smallest absolute Gasteiger partial charge is 0.306 e. The zero-order valence-electron chi connectivity index (χ0n) is 36.7. The van der Waals surface area contributed by atoms with Gasteiger partial charge in [-0.2, -0.15) is 0 Å². The molecule has 0 radical (unpaired) electrons. The van der Waals surface area contributed by atoms with Gasteiger partial charge in [0.1, 0.15) is 24.6 Å². The molecule has 2 amide bonds. The van der Waals surface area contributed by atoms with Crippen molar-refractivity contribution in [2.45, 2.75) is 139 Å². The Labute approximate surface area is 371 Å². The minimum absolute atomic E-state index is 0.0720. The number of ketones is 1. The van der Waals surface area contributed by atoms with Crippen molar-refractivity contribution in [2.24, 2.45) is 23.2 Å². The van der Waals surface area contributed by atoms with E-state index in [1.165, 1.54) is 0 Å². The Morgan fingerprint density at radius 1 is 0.984 bits per heavy atom. The molecule has 1 aromatic carbocycles. The first kappa shape index (κ1) is 44.1. The van der Waals surface area contributed by atoms with Gasteiger partial charge in [0.05, 0.1) is 53.5 Å². The highest BCUT2D eigenvalue weighted by Gasteiger charge is 2.62. The maximum absolute atomic E-state index is 14.9. The van der Waals surface area contributed by atoms with E-state index in [4.69, 9.17) is 23.9 Å². The molecule has 0 unspecified atom stereocenters. The summed E-state index contributed by atoms with van der Waals surface area (Å²) in [7, 11) is -3.95. The van der Waals surface area contributed by atoms with Crippen molar-refractivity contribution < 1.29 is 46.5 Å². The van der Waals surface area contributed by atoms with Crippen molar-refractivity contribution in [3.05, 3.63) is 42.0 Å².